The number of rotatable bonds is 5. The number of aryl methyl sites for hydroxylation is 1. The van der Waals surface area contributed by atoms with Crippen molar-refractivity contribution in [3.63, 3.8) is 0 Å². The van der Waals surface area contributed by atoms with E-state index in [1.54, 1.807) is 49.1 Å². The molecule has 154 valence electrons. The van der Waals surface area contributed by atoms with Crippen LogP contribution in [-0.2, 0) is 13.0 Å². The van der Waals surface area contributed by atoms with Crippen LogP contribution in [0.4, 0.5) is 5.82 Å². The molecule has 0 fully saturated rings. The second-order valence-corrected chi connectivity index (χ2v) is 6.73. The third-order valence-corrected chi connectivity index (χ3v) is 5.09. The lowest BCUT2D eigenvalue weighted by molar-refractivity contribution is 0.102. The fourth-order valence-electron chi connectivity index (χ4n) is 3.62. The van der Waals surface area contributed by atoms with Crippen LogP contribution >= 0.6 is 0 Å². The molecule has 3 aromatic rings. The van der Waals surface area contributed by atoms with Crippen molar-refractivity contribution in [2.45, 2.75) is 13.0 Å². The lowest BCUT2D eigenvalue weighted by atomic mass is 9.97. The fourth-order valence-corrected chi connectivity index (χ4v) is 3.62. The number of amides is 1. The molecule has 0 spiro atoms. The van der Waals surface area contributed by atoms with Gasteiger partial charge in [-0.15, -0.1) is 0 Å². The minimum absolute atomic E-state index is 0.171. The van der Waals surface area contributed by atoms with E-state index in [9.17, 15) is 9.59 Å². The molecule has 1 aromatic heterocycles. The monoisotopic (exact) mass is 407 g/mol. The number of hydrogen-bond donors (Lipinski definition) is 1. The molecule has 30 heavy (non-hydrogen) atoms. The summed E-state index contributed by atoms with van der Waals surface area (Å²) < 4.78 is 17.6. The van der Waals surface area contributed by atoms with E-state index in [0.29, 0.717) is 41.5 Å². The summed E-state index contributed by atoms with van der Waals surface area (Å²) in [6.07, 6.45) is 0.664. The Kier molecular flexibility index (Phi) is 5.14. The van der Waals surface area contributed by atoms with E-state index in [-0.39, 0.29) is 5.82 Å². The third kappa shape index (κ3) is 3.36. The van der Waals surface area contributed by atoms with Gasteiger partial charge in [-0.1, -0.05) is 12.1 Å². The van der Waals surface area contributed by atoms with Gasteiger partial charge in [-0.2, -0.15) is 4.98 Å². The van der Waals surface area contributed by atoms with Gasteiger partial charge < -0.3 is 19.5 Å². The number of carbonyl (C=O) groups is 1. The Morgan fingerprint density at radius 1 is 1.00 bits per heavy atom. The standard InChI is InChI=1S/C22H21N3O5/c1-28-17-7-5-4-6-14(17)21(26)23-20-12-16-15-11-19(30-3)18(29-2)10-13(15)8-9-25(16)22(27)24-20/h4-7,10-12H,8-9H2,1-3H3,(H,23,24,26,27). The summed E-state index contributed by atoms with van der Waals surface area (Å²) in [6, 6.07) is 12.3. The van der Waals surface area contributed by atoms with Crippen molar-refractivity contribution in [1.29, 1.82) is 0 Å². The van der Waals surface area contributed by atoms with Crippen LogP contribution < -0.4 is 25.2 Å². The first-order valence-corrected chi connectivity index (χ1v) is 9.37. The Balaban J connectivity index is 1.76. The predicted molar refractivity (Wildman–Crippen MR) is 112 cm³/mol. The molecule has 1 amide bonds. The number of fused-ring (bicyclic) bond motifs is 3. The molecule has 0 saturated heterocycles. The highest BCUT2D eigenvalue weighted by atomic mass is 16.5. The number of benzene rings is 2. The van der Waals surface area contributed by atoms with Crippen molar-refractivity contribution in [2.75, 3.05) is 26.6 Å². The van der Waals surface area contributed by atoms with Crippen molar-refractivity contribution in [1.82, 2.24) is 9.55 Å². The SMILES string of the molecule is COc1cc2c(cc1OC)-c1cc(NC(=O)c3ccccc3OC)nc(=O)n1CC2. The Hall–Kier alpha value is -3.81. The summed E-state index contributed by atoms with van der Waals surface area (Å²) in [6.45, 7) is 0.490. The maximum absolute atomic E-state index is 12.7. The minimum atomic E-state index is -0.428. The van der Waals surface area contributed by atoms with Gasteiger partial charge in [0.15, 0.2) is 11.5 Å². The van der Waals surface area contributed by atoms with Gasteiger partial charge in [0.25, 0.3) is 5.91 Å². The fraction of sp³-hybridized carbons (Fsp3) is 0.227. The molecule has 8 heteroatoms. The molecule has 0 bridgehead atoms. The highest BCUT2D eigenvalue weighted by Gasteiger charge is 2.22. The lowest BCUT2D eigenvalue weighted by Crippen LogP contribution is -2.29. The molecule has 2 heterocycles. The quantitative estimate of drug-likeness (QED) is 0.699. The molecule has 1 aliphatic rings. The van der Waals surface area contributed by atoms with Crippen molar-refractivity contribution in [3.05, 3.63) is 64.1 Å². The third-order valence-electron chi connectivity index (χ3n) is 5.09. The Bertz CT molecular complexity index is 1190. The Labute approximate surface area is 173 Å². The summed E-state index contributed by atoms with van der Waals surface area (Å²) >= 11 is 0. The van der Waals surface area contributed by atoms with Crippen molar-refractivity contribution >= 4 is 11.7 Å². The minimum Gasteiger partial charge on any atom is -0.496 e. The largest absolute Gasteiger partial charge is 0.496 e. The van der Waals surface area contributed by atoms with E-state index in [2.05, 4.69) is 10.3 Å². The van der Waals surface area contributed by atoms with E-state index < -0.39 is 11.6 Å². The smallest absolute Gasteiger partial charge is 0.350 e. The van der Waals surface area contributed by atoms with Crippen LogP contribution in [0.1, 0.15) is 15.9 Å². The zero-order chi connectivity index (χ0) is 21.3. The maximum atomic E-state index is 12.7. The summed E-state index contributed by atoms with van der Waals surface area (Å²) in [4.78, 5) is 29.4. The van der Waals surface area contributed by atoms with Crippen molar-refractivity contribution in [3.8, 4) is 28.5 Å². The predicted octanol–water partition coefficient (Wildman–Crippen LogP) is 2.74. The van der Waals surface area contributed by atoms with Gasteiger partial charge in [-0.3, -0.25) is 9.36 Å². The molecular formula is C22H21N3O5. The number of nitrogens with one attached hydrogen (secondary N) is 1. The van der Waals surface area contributed by atoms with E-state index in [0.717, 1.165) is 11.1 Å². The molecule has 0 atom stereocenters. The van der Waals surface area contributed by atoms with Crippen LogP contribution in [0.3, 0.4) is 0 Å². The zero-order valence-electron chi connectivity index (χ0n) is 16.9. The van der Waals surface area contributed by atoms with E-state index in [4.69, 9.17) is 14.2 Å². The first-order valence-electron chi connectivity index (χ1n) is 9.37. The summed E-state index contributed by atoms with van der Waals surface area (Å²) in [7, 11) is 4.64. The van der Waals surface area contributed by atoms with Gasteiger partial charge in [0, 0.05) is 18.2 Å². The van der Waals surface area contributed by atoms with E-state index in [1.807, 2.05) is 12.1 Å². The molecule has 0 saturated carbocycles. The van der Waals surface area contributed by atoms with Crippen molar-refractivity contribution in [2.24, 2.45) is 0 Å². The van der Waals surface area contributed by atoms with Crippen LogP contribution in [0.25, 0.3) is 11.3 Å². The van der Waals surface area contributed by atoms with Gasteiger partial charge in [0.1, 0.15) is 11.6 Å². The van der Waals surface area contributed by atoms with E-state index >= 15 is 0 Å². The second kappa shape index (κ2) is 7.90. The normalized spacial score (nSPS) is 11.8. The summed E-state index contributed by atoms with van der Waals surface area (Å²) in [5.41, 5.74) is 2.45. The zero-order valence-corrected chi connectivity index (χ0v) is 16.9. The number of para-hydroxylation sites is 1. The molecule has 0 aliphatic carbocycles. The number of carbonyl (C=O) groups excluding carboxylic acids is 1. The molecular weight excluding hydrogens is 386 g/mol. The maximum Gasteiger partial charge on any atom is 0.350 e. The Morgan fingerprint density at radius 3 is 2.43 bits per heavy atom. The van der Waals surface area contributed by atoms with Crippen LogP contribution in [-0.4, -0.2) is 36.8 Å². The van der Waals surface area contributed by atoms with Crippen LogP contribution in [0.2, 0.25) is 0 Å². The van der Waals surface area contributed by atoms with Crippen LogP contribution in [0.15, 0.2) is 47.3 Å². The Morgan fingerprint density at radius 2 is 1.70 bits per heavy atom. The van der Waals surface area contributed by atoms with Gasteiger partial charge in [-0.25, -0.2) is 4.79 Å². The first-order chi connectivity index (χ1) is 14.5. The molecule has 2 aromatic carbocycles. The highest BCUT2D eigenvalue weighted by Crippen LogP contribution is 2.38. The van der Waals surface area contributed by atoms with E-state index in [1.165, 1.54) is 7.11 Å². The van der Waals surface area contributed by atoms with Crippen LogP contribution in [0, 0.1) is 0 Å². The molecule has 1 aliphatic heterocycles. The average Bonchev–Trinajstić information content (AvgIpc) is 2.77. The number of nitrogens with zero attached hydrogens (tertiary/aromatic N) is 2. The number of hydrogen-bond acceptors (Lipinski definition) is 6. The molecule has 8 nitrogen and oxygen atoms in total. The molecule has 0 radical (unpaired) electrons. The van der Waals surface area contributed by atoms with Gasteiger partial charge in [0.2, 0.25) is 0 Å². The number of ether oxygens (including phenoxy) is 3. The number of methoxy groups -OCH3 is 3. The second-order valence-electron chi connectivity index (χ2n) is 6.73. The summed E-state index contributed by atoms with van der Waals surface area (Å²) in [5, 5.41) is 2.71. The first kappa shape index (κ1) is 19.5. The van der Waals surface area contributed by atoms with Gasteiger partial charge >= 0.3 is 5.69 Å². The highest BCUT2D eigenvalue weighted by molar-refractivity contribution is 6.05. The van der Waals surface area contributed by atoms with Gasteiger partial charge in [-0.05, 0) is 36.2 Å². The average molecular weight is 407 g/mol. The topological polar surface area (TPSA) is 91.7 Å². The van der Waals surface area contributed by atoms with Crippen molar-refractivity contribution < 1.29 is 19.0 Å². The molecule has 1 N–H and O–H groups in total. The summed E-state index contributed by atoms with van der Waals surface area (Å²) in [5.74, 6) is 1.39. The molecule has 0 unspecified atom stereocenters. The van der Waals surface area contributed by atoms with Gasteiger partial charge in [0.05, 0.1) is 32.6 Å². The number of anilines is 1. The molecule has 4 rings (SSSR count). The number of aromatic nitrogens is 2. The van der Waals surface area contributed by atoms with Crippen LogP contribution in [0.5, 0.6) is 17.2 Å². The lowest BCUT2D eigenvalue weighted by Gasteiger charge is -2.23.